The second-order valence-corrected chi connectivity index (χ2v) is 5.14. The first-order chi connectivity index (χ1) is 9.93. The molecule has 0 aliphatic heterocycles. The fourth-order valence-corrected chi connectivity index (χ4v) is 1.81. The van der Waals surface area contributed by atoms with E-state index in [0.29, 0.717) is 11.3 Å². The summed E-state index contributed by atoms with van der Waals surface area (Å²) in [5, 5.41) is 11.5. The van der Waals surface area contributed by atoms with E-state index in [-0.39, 0.29) is 11.3 Å². The number of benzene rings is 1. The molecule has 1 heterocycles. The quantitative estimate of drug-likeness (QED) is 0.936. The van der Waals surface area contributed by atoms with E-state index in [9.17, 15) is 9.59 Å². The number of aromatic nitrogens is 1. The zero-order valence-electron chi connectivity index (χ0n) is 11.8. The average Bonchev–Trinajstić information content (AvgIpc) is 2.48. The van der Waals surface area contributed by atoms with Crippen LogP contribution in [0.1, 0.15) is 19.4 Å². The molecule has 0 aliphatic carbocycles. The number of carbonyl (C=O) groups excluding carboxylic acids is 1. The standard InChI is InChI=1S/C16H15N3O2/c1-16(2,19-9-7-14(20)8-10-19)15(21)18-13-5-3-12(11-17)4-6-13/h3-10H,1-2H3,(H,18,21). The van der Waals surface area contributed by atoms with E-state index in [4.69, 9.17) is 5.26 Å². The van der Waals surface area contributed by atoms with Crippen LogP contribution in [-0.2, 0) is 10.3 Å². The van der Waals surface area contributed by atoms with Crippen LogP contribution in [0.5, 0.6) is 0 Å². The smallest absolute Gasteiger partial charge is 0.250 e. The number of rotatable bonds is 3. The fraction of sp³-hybridized carbons (Fsp3) is 0.188. The maximum absolute atomic E-state index is 12.4. The van der Waals surface area contributed by atoms with Crippen molar-refractivity contribution in [2.45, 2.75) is 19.4 Å². The maximum Gasteiger partial charge on any atom is 0.250 e. The molecule has 0 atom stereocenters. The summed E-state index contributed by atoms with van der Waals surface area (Å²) in [4.78, 5) is 23.5. The minimum atomic E-state index is -0.846. The first kappa shape index (κ1) is 14.5. The molecule has 5 nitrogen and oxygen atoms in total. The van der Waals surface area contributed by atoms with Crippen LogP contribution in [-0.4, -0.2) is 10.5 Å². The number of nitrogens with one attached hydrogen (secondary N) is 1. The van der Waals surface area contributed by atoms with Gasteiger partial charge in [-0.1, -0.05) is 0 Å². The van der Waals surface area contributed by atoms with Gasteiger partial charge in [0.25, 0.3) is 0 Å². The summed E-state index contributed by atoms with van der Waals surface area (Å²) in [6, 6.07) is 11.5. The third-order valence-corrected chi connectivity index (χ3v) is 3.27. The SMILES string of the molecule is CC(C)(C(=O)Nc1ccc(C#N)cc1)n1ccc(=O)cc1. The number of carbonyl (C=O) groups is 1. The van der Waals surface area contributed by atoms with Crippen molar-refractivity contribution in [3.05, 3.63) is 64.6 Å². The number of amides is 1. The van der Waals surface area contributed by atoms with Crippen molar-refractivity contribution >= 4 is 11.6 Å². The molecule has 0 saturated carbocycles. The van der Waals surface area contributed by atoms with E-state index >= 15 is 0 Å². The Labute approximate surface area is 122 Å². The van der Waals surface area contributed by atoms with Crippen LogP contribution in [0.2, 0.25) is 0 Å². The molecule has 0 aliphatic rings. The van der Waals surface area contributed by atoms with Gasteiger partial charge in [-0.05, 0) is 38.1 Å². The van der Waals surface area contributed by atoms with E-state index in [1.807, 2.05) is 6.07 Å². The number of hydrogen-bond donors (Lipinski definition) is 1. The summed E-state index contributed by atoms with van der Waals surface area (Å²) in [6.45, 7) is 3.52. The third-order valence-electron chi connectivity index (χ3n) is 3.27. The molecule has 21 heavy (non-hydrogen) atoms. The summed E-state index contributed by atoms with van der Waals surface area (Å²) < 4.78 is 1.67. The normalized spacial score (nSPS) is 10.7. The molecule has 1 aromatic heterocycles. The summed E-state index contributed by atoms with van der Waals surface area (Å²) >= 11 is 0. The molecule has 0 bridgehead atoms. The molecule has 2 rings (SSSR count). The number of hydrogen-bond acceptors (Lipinski definition) is 3. The van der Waals surface area contributed by atoms with Gasteiger partial charge in [0, 0.05) is 30.2 Å². The zero-order chi connectivity index (χ0) is 15.5. The zero-order valence-corrected chi connectivity index (χ0v) is 11.8. The van der Waals surface area contributed by atoms with Crippen molar-refractivity contribution in [2.24, 2.45) is 0 Å². The van der Waals surface area contributed by atoms with Crippen LogP contribution in [0.4, 0.5) is 5.69 Å². The topological polar surface area (TPSA) is 74.9 Å². The first-order valence-electron chi connectivity index (χ1n) is 6.44. The minimum absolute atomic E-state index is 0.102. The molecule has 0 saturated heterocycles. The Hall–Kier alpha value is -2.87. The van der Waals surface area contributed by atoms with Crippen LogP contribution in [0.25, 0.3) is 0 Å². The van der Waals surface area contributed by atoms with Crippen LogP contribution in [0, 0.1) is 11.3 Å². The molecule has 5 heteroatoms. The van der Waals surface area contributed by atoms with Gasteiger partial charge in [-0.15, -0.1) is 0 Å². The highest BCUT2D eigenvalue weighted by Crippen LogP contribution is 2.18. The predicted molar refractivity (Wildman–Crippen MR) is 79.8 cm³/mol. The number of anilines is 1. The van der Waals surface area contributed by atoms with Crippen LogP contribution in [0.3, 0.4) is 0 Å². The molecule has 0 radical (unpaired) electrons. The van der Waals surface area contributed by atoms with E-state index < -0.39 is 5.54 Å². The van der Waals surface area contributed by atoms with Gasteiger partial charge < -0.3 is 9.88 Å². The largest absolute Gasteiger partial charge is 0.340 e. The van der Waals surface area contributed by atoms with Gasteiger partial charge in [0.05, 0.1) is 11.6 Å². The van der Waals surface area contributed by atoms with Crippen molar-refractivity contribution in [1.29, 1.82) is 5.26 Å². The van der Waals surface area contributed by atoms with Gasteiger partial charge >= 0.3 is 0 Å². The predicted octanol–water partition coefficient (Wildman–Crippen LogP) is 2.09. The molecule has 106 valence electrons. The Morgan fingerprint density at radius 1 is 1.14 bits per heavy atom. The summed E-state index contributed by atoms with van der Waals surface area (Å²) in [5.74, 6) is -0.212. The lowest BCUT2D eigenvalue weighted by atomic mass is 10.0. The number of pyridine rings is 1. The summed E-state index contributed by atoms with van der Waals surface area (Å²) in [7, 11) is 0. The second-order valence-electron chi connectivity index (χ2n) is 5.14. The molecule has 0 unspecified atom stereocenters. The lowest BCUT2D eigenvalue weighted by molar-refractivity contribution is -0.123. The molecule has 1 aromatic carbocycles. The lowest BCUT2D eigenvalue weighted by Gasteiger charge is -2.27. The van der Waals surface area contributed by atoms with Crippen molar-refractivity contribution in [1.82, 2.24) is 4.57 Å². The Morgan fingerprint density at radius 2 is 1.71 bits per heavy atom. The Kier molecular flexibility index (Phi) is 3.90. The highest BCUT2D eigenvalue weighted by Gasteiger charge is 2.28. The molecular formula is C16H15N3O2. The summed E-state index contributed by atoms with van der Waals surface area (Å²) in [6.07, 6.45) is 3.17. The van der Waals surface area contributed by atoms with Gasteiger partial charge in [0.15, 0.2) is 5.43 Å². The number of nitriles is 1. The van der Waals surface area contributed by atoms with Gasteiger partial charge in [0.2, 0.25) is 5.91 Å². The van der Waals surface area contributed by atoms with E-state index in [2.05, 4.69) is 5.32 Å². The average molecular weight is 281 g/mol. The second kappa shape index (κ2) is 5.63. The molecule has 0 spiro atoms. The molecule has 1 amide bonds. The highest BCUT2D eigenvalue weighted by molar-refractivity contribution is 5.96. The van der Waals surface area contributed by atoms with E-state index in [1.54, 1.807) is 55.1 Å². The van der Waals surface area contributed by atoms with Crippen molar-refractivity contribution < 1.29 is 4.79 Å². The van der Waals surface area contributed by atoms with Gasteiger partial charge in [-0.2, -0.15) is 5.26 Å². The highest BCUT2D eigenvalue weighted by atomic mass is 16.2. The van der Waals surface area contributed by atoms with Gasteiger partial charge in [-0.3, -0.25) is 9.59 Å². The Bertz CT molecular complexity index is 732. The first-order valence-corrected chi connectivity index (χ1v) is 6.44. The van der Waals surface area contributed by atoms with E-state index in [1.165, 1.54) is 12.1 Å². The molecule has 2 aromatic rings. The van der Waals surface area contributed by atoms with Crippen molar-refractivity contribution in [3.8, 4) is 6.07 Å². The molecule has 1 N–H and O–H groups in total. The third kappa shape index (κ3) is 3.18. The van der Waals surface area contributed by atoms with Crippen molar-refractivity contribution in [3.63, 3.8) is 0 Å². The molecular weight excluding hydrogens is 266 g/mol. The minimum Gasteiger partial charge on any atom is -0.340 e. The Morgan fingerprint density at radius 3 is 2.24 bits per heavy atom. The lowest BCUT2D eigenvalue weighted by Crippen LogP contribution is -2.40. The molecule has 0 fully saturated rings. The Balaban J connectivity index is 2.19. The van der Waals surface area contributed by atoms with Gasteiger partial charge in [-0.25, -0.2) is 0 Å². The van der Waals surface area contributed by atoms with Crippen LogP contribution < -0.4 is 10.7 Å². The number of nitrogens with zero attached hydrogens (tertiary/aromatic N) is 2. The van der Waals surface area contributed by atoms with Crippen LogP contribution in [0.15, 0.2) is 53.6 Å². The monoisotopic (exact) mass is 281 g/mol. The fourth-order valence-electron chi connectivity index (χ4n) is 1.81. The van der Waals surface area contributed by atoms with Crippen molar-refractivity contribution in [2.75, 3.05) is 5.32 Å². The van der Waals surface area contributed by atoms with Crippen LogP contribution >= 0.6 is 0 Å². The van der Waals surface area contributed by atoms with E-state index in [0.717, 1.165) is 0 Å². The summed E-state index contributed by atoms with van der Waals surface area (Å²) in [5.41, 5.74) is 0.206. The van der Waals surface area contributed by atoms with Gasteiger partial charge in [0.1, 0.15) is 5.54 Å². The maximum atomic E-state index is 12.4.